The van der Waals surface area contributed by atoms with Crippen LogP contribution in [0, 0.1) is 12.3 Å². The standard InChI is InChI=1S/C9H10.C3H8/c1-4-7-9(6-3)8-5-2;1-3-2/h3-5,7-8H,1H2,2H3;3H2,1-2H3/b8-5-,9-7-;. The summed E-state index contributed by atoms with van der Waals surface area (Å²) in [6.45, 7) is 9.70. The monoisotopic (exact) mass is 162 g/mol. The van der Waals surface area contributed by atoms with Crippen molar-refractivity contribution in [1.29, 1.82) is 0 Å². The van der Waals surface area contributed by atoms with Gasteiger partial charge >= 0.3 is 0 Å². The van der Waals surface area contributed by atoms with Gasteiger partial charge in [-0.15, -0.1) is 6.42 Å². The molecule has 0 aliphatic heterocycles. The van der Waals surface area contributed by atoms with Gasteiger partial charge in [-0.1, -0.05) is 51.0 Å². The second-order valence-electron chi connectivity index (χ2n) is 2.21. The van der Waals surface area contributed by atoms with Crippen LogP contribution >= 0.6 is 0 Å². The highest BCUT2D eigenvalue weighted by molar-refractivity contribution is 5.37. The summed E-state index contributed by atoms with van der Waals surface area (Å²) in [5.74, 6) is 2.51. The van der Waals surface area contributed by atoms with Gasteiger partial charge in [0.15, 0.2) is 0 Å². The van der Waals surface area contributed by atoms with E-state index in [-0.39, 0.29) is 0 Å². The number of allylic oxidation sites excluding steroid dienone is 5. The van der Waals surface area contributed by atoms with Crippen LogP contribution in [0.15, 0.2) is 36.5 Å². The molecule has 0 heteroatoms. The Bertz CT molecular complexity index is 187. The maximum atomic E-state index is 5.13. The quantitative estimate of drug-likeness (QED) is 0.429. The lowest BCUT2D eigenvalue weighted by Gasteiger charge is -1.82. The minimum Gasteiger partial charge on any atom is -0.115 e. The predicted octanol–water partition coefficient (Wildman–Crippen LogP) is 3.72. The molecule has 0 spiro atoms. The highest BCUT2D eigenvalue weighted by atomic mass is 13.8. The van der Waals surface area contributed by atoms with Crippen molar-refractivity contribution in [2.45, 2.75) is 27.2 Å². The fourth-order valence-corrected chi connectivity index (χ4v) is 0.458. The molecule has 0 saturated heterocycles. The van der Waals surface area contributed by atoms with E-state index in [2.05, 4.69) is 26.3 Å². The largest absolute Gasteiger partial charge is 0.115 e. The van der Waals surface area contributed by atoms with Crippen LogP contribution in [-0.2, 0) is 0 Å². The van der Waals surface area contributed by atoms with E-state index in [0.717, 1.165) is 5.57 Å². The Morgan fingerprint density at radius 3 is 2.25 bits per heavy atom. The molecule has 0 aromatic heterocycles. The topological polar surface area (TPSA) is 0 Å². The molecule has 0 aromatic carbocycles. The molecule has 0 rings (SSSR count). The van der Waals surface area contributed by atoms with E-state index < -0.39 is 0 Å². The first-order valence-corrected chi connectivity index (χ1v) is 4.18. The lowest BCUT2D eigenvalue weighted by molar-refractivity contribution is 1.09. The molecule has 66 valence electrons. The summed E-state index contributed by atoms with van der Waals surface area (Å²) in [6, 6.07) is 0. The summed E-state index contributed by atoms with van der Waals surface area (Å²) in [4.78, 5) is 0. The van der Waals surface area contributed by atoms with E-state index >= 15 is 0 Å². The van der Waals surface area contributed by atoms with Gasteiger partial charge < -0.3 is 0 Å². The summed E-state index contributed by atoms with van der Waals surface area (Å²) < 4.78 is 0. The van der Waals surface area contributed by atoms with Crippen LogP contribution in [0.2, 0.25) is 0 Å². The third-order valence-corrected chi connectivity index (χ3v) is 0.810. The summed E-state index contributed by atoms with van der Waals surface area (Å²) >= 11 is 0. The van der Waals surface area contributed by atoms with Crippen LogP contribution in [0.3, 0.4) is 0 Å². The molecule has 0 saturated carbocycles. The molecule has 0 bridgehead atoms. The Morgan fingerprint density at radius 1 is 1.50 bits per heavy atom. The number of hydrogen-bond acceptors (Lipinski definition) is 0. The molecule has 0 radical (unpaired) electrons. The molecule has 0 aromatic rings. The molecule has 0 nitrogen and oxygen atoms in total. The third kappa shape index (κ3) is 11.6. The van der Waals surface area contributed by atoms with Crippen molar-refractivity contribution < 1.29 is 0 Å². The van der Waals surface area contributed by atoms with E-state index in [1.807, 2.05) is 19.1 Å². The average Bonchev–Trinajstić information content (AvgIpc) is 2.05. The normalized spacial score (nSPS) is 10.0. The lowest BCUT2D eigenvalue weighted by atomic mass is 10.2. The smallest absolute Gasteiger partial charge is 0.0239 e. The van der Waals surface area contributed by atoms with Gasteiger partial charge in [-0.25, -0.2) is 0 Å². The molecule has 0 heterocycles. The van der Waals surface area contributed by atoms with Gasteiger partial charge in [0.25, 0.3) is 0 Å². The molecule has 0 N–H and O–H groups in total. The van der Waals surface area contributed by atoms with Crippen molar-refractivity contribution in [2.75, 3.05) is 0 Å². The molecule has 0 aliphatic carbocycles. The van der Waals surface area contributed by atoms with E-state index in [9.17, 15) is 0 Å². The Morgan fingerprint density at radius 2 is 2.00 bits per heavy atom. The predicted molar refractivity (Wildman–Crippen MR) is 57.9 cm³/mol. The van der Waals surface area contributed by atoms with Crippen LogP contribution in [-0.4, -0.2) is 0 Å². The van der Waals surface area contributed by atoms with Crippen LogP contribution in [0.1, 0.15) is 27.2 Å². The third-order valence-electron chi connectivity index (χ3n) is 0.810. The highest BCUT2D eigenvalue weighted by Crippen LogP contribution is 1.93. The molecule has 12 heavy (non-hydrogen) atoms. The maximum absolute atomic E-state index is 5.13. The van der Waals surface area contributed by atoms with E-state index in [1.165, 1.54) is 6.42 Å². The summed E-state index contributed by atoms with van der Waals surface area (Å²) in [7, 11) is 0. The van der Waals surface area contributed by atoms with Crippen molar-refractivity contribution in [3.05, 3.63) is 36.5 Å². The minimum absolute atomic E-state index is 0.854. The van der Waals surface area contributed by atoms with Crippen LogP contribution in [0.5, 0.6) is 0 Å². The number of rotatable bonds is 2. The van der Waals surface area contributed by atoms with Crippen LogP contribution < -0.4 is 0 Å². The first-order chi connectivity index (χ1) is 5.76. The van der Waals surface area contributed by atoms with Gasteiger partial charge in [-0.2, -0.15) is 0 Å². The molecule has 0 aliphatic rings. The minimum atomic E-state index is 0.854. The van der Waals surface area contributed by atoms with Crippen LogP contribution in [0.4, 0.5) is 0 Å². The molecule has 0 amide bonds. The molecular weight excluding hydrogens is 144 g/mol. The van der Waals surface area contributed by atoms with Gasteiger partial charge in [-0.3, -0.25) is 0 Å². The van der Waals surface area contributed by atoms with Crippen molar-refractivity contribution in [1.82, 2.24) is 0 Å². The van der Waals surface area contributed by atoms with Gasteiger partial charge in [0.1, 0.15) is 0 Å². The summed E-state index contributed by atoms with van der Waals surface area (Å²) in [6.07, 6.45) is 13.6. The number of hydrogen-bond donors (Lipinski definition) is 0. The molecule has 0 unspecified atom stereocenters. The zero-order valence-electron chi connectivity index (χ0n) is 8.30. The van der Waals surface area contributed by atoms with Gasteiger partial charge in [0.05, 0.1) is 0 Å². The van der Waals surface area contributed by atoms with Crippen molar-refractivity contribution >= 4 is 0 Å². The fourth-order valence-electron chi connectivity index (χ4n) is 0.458. The van der Waals surface area contributed by atoms with E-state index in [4.69, 9.17) is 6.42 Å². The zero-order chi connectivity index (χ0) is 9.82. The van der Waals surface area contributed by atoms with Crippen LogP contribution in [0.25, 0.3) is 0 Å². The highest BCUT2D eigenvalue weighted by Gasteiger charge is 1.76. The average molecular weight is 162 g/mol. The zero-order valence-corrected chi connectivity index (χ0v) is 8.30. The van der Waals surface area contributed by atoms with E-state index in [1.54, 1.807) is 12.2 Å². The lowest BCUT2D eigenvalue weighted by Crippen LogP contribution is -1.66. The van der Waals surface area contributed by atoms with Crippen molar-refractivity contribution in [2.24, 2.45) is 0 Å². The maximum Gasteiger partial charge on any atom is 0.0239 e. The van der Waals surface area contributed by atoms with Gasteiger partial charge in [0.2, 0.25) is 0 Å². The first kappa shape index (κ1) is 13.4. The Kier molecular flexibility index (Phi) is 13.9. The second kappa shape index (κ2) is 12.5. The Balaban J connectivity index is 0. The number of terminal acetylenes is 1. The molecule has 0 atom stereocenters. The van der Waals surface area contributed by atoms with Gasteiger partial charge in [-0.05, 0) is 13.0 Å². The van der Waals surface area contributed by atoms with E-state index in [0.29, 0.717) is 0 Å². The molecule has 0 fully saturated rings. The van der Waals surface area contributed by atoms with Crippen molar-refractivity contribution in [3.8, 4) is 12.3 Å². The Hall–Kier alpha value is -1.22. The fraction of sp³-hybridized carbons (Fsp3) is 0.333. The summed E-state index contributed by atoms with van der Waals surface area (Å²) in [5, 5.41) is 0. The summed E-state index contributed by atoms with van der Waals surface area (Å²) in [5.41, 5.74) is 0.854. The van der Waals surface area contributed by atoms with Gasteiger partial charge in [0, 0.05) is 5.57 Å². The first-order valence-electron chi connectivity index (χ1n) is 4.18. The Labute approximate surface area is 76.7 Å². The second-order valence-corrected chi connectivity index (χ2v) is 2.21. The van der Waals surface area contributed by atoms with Crippen molar-refractivity contribution in [3.63, 3.8) is 0 Å². The molecular formula is C12H18. The SMILES string of the molecule is C#CC(/C=C\C)=C/C=C.CCC.